The molecule has 1 rings (SSSR count). The van der Waals surface area contributed by atoms with Gasteiger partial charge in [0.2, 0.25) is 0 Å². The summed E-state index contributed by atoms with van der Waals surface area (Å²) in [5, 5.41) is 0.975. The molecule has 0 aromatic carbocycles. The van der Waals surface area contributed by atoms with Gasteiger partial charge >= 0.3 is 5.97 Å². The molecule has 0 saturated carbocycles. The summed E-state index contributed by atoms with van der Waals surface area (Å²) in [4.78, 5) is 15.2. The van der Waals surface area contributed by atoms with E-state index in [1.54, 1.807) is 6.92 Å². The van der Waals surface area contributed by atoms with Crippen LogP contribution in [0.5, 0.6) is 0 Å². The molecule has 1 aromatic heterocycles. The minimum atomic E-state index is -0.219. The first kappa shape index (κ1) is 14.6. The van der Waals surface area contributed by atoms with Crippen LogP contribution in [0, 0.1) is 0 Å². The zero-order chi connectivity index (χ0) is 12.8. The van der Waals surface area contributed by atoms with E-state index in [4.69, 9.17) is 39.5 Å². The molecule has 0 saturated heterocycles. The number of carbonyl (C=O) groups excluding carboxylic acids is 1. The standard InChI is InChI=1S/C11H12Cl3NO2/c1-2-17-9(16)5-3-4-8-11(14)10(13)7(12)6-15-8/h6H,2-5H2,1H3. The molecule has 0 spiro atoms. The van der Waals surface area contributed by atoms with Crippen LogP contribution in [-0.4, -0.2) is 17.6 Å². The predicted octanol–water partition coefficient (Wildman–Crippen LogP) is 3.93. The minimum absolute atomic E-state index is 0.219. The van der Waals surface area contributed by atoms with Gasteiger partial charge in [-0.1, -0.05) is 34.8 Å². The predicted molar refractivity (Wildman–Crippen MR) is 68.8 cm³/mol. The highest BCUT2D eigenvalue weighted by atomic mass is 35.5. The van der Waals surface area contributed by atoms with Crippen LogP contribution in [0.2, 0.25) is 15.1 Å². The largest absolute Gasteiger partial charge is 0.466 e. The Morgan fingerprint density at radius 3 is 2.71 bits per heavy atom. The Morgan fingerprint density at radius 1 is 1.35 bits per heavy atom. The number of hydrogen-bond acceptors (Lipinski definition) is 3. The Hall–Kier alpha value is -0.510. The minimum Gasteiger partial charge on any atom is -0.466 e. The van der Waals surface area contributed by atoms with E-state index in [1.807, 2.05) is 0 Å². The Morgan fingerprint density at radius 2 is 2.06 bits per heavy atom. The van der Waals surface area contributed by atoms with E-state index in [-0.39, 0.29) is 5.97 Å². The van der Waals surface area contributed by atoms with Gasteiger partial charge in [0.1, 0.15) is 0 Å². The van der Waals surface area contributed by atoms with Gasteiger partial charge in [0, 0.05) is 12.6 Å². The molecule has 1 aromatic rings. The van der Waals surface area contributed by atoms with Crippen molar-refractivity contribution < 1.29 is 9.53 Å². The Bertz CT molecular complexity index is 410. The van der Waals surface area contributed by atoms with Gasteiger partial charge in [-0.15, -0.1) is 0 Å². The van der Waals surface area contributed by atoms with Crippen molar-refractivity contribution in [2.45, 2.75) is 26.2 Å². The lowest BCUT2D eigenvalue weighted by molar-refractivity contribution is -0.143. The first-order valence-corrected chi connectivity index (χ1v) is 6.33. The maximum atomic E-state index is 11.1. The second kappa shape index (κ2) is 7.04. The third-order valence-electron chi connectivity index (χ3n) is 2.09. The van der Waals surface area contributed by atoms with Crippen molar-refractivity contribution in [3.8, 4) is 0 Å². The molecule has 94 valence electrons. The highest BCUT2D eigenvalue weighted by Crippen LogP contribution is 2.31. The van der Waals surface area contributed by atoms with Gasteiger partial charge in [-0.2, -0.15) is 0 Å². The smallest absolute Gasteiger partial charge is 0.305 e. The molecule has 0 radical (unpaired) electrons. The van der Waals surface area contributed by atoms with E-state index < -0.39 is 0 Å². The average molecular weight is 297 g/mol. The first-order chi connectivity index (χ1) is 8.06. The molecule has 0 aliphatic rings. The van der Waals surface area contributed by atoms with E-state index in [0.717, 1.165) is 0 Å². The zero-order valence-corrected chi connectivity index (χ0v) is 11.6. The van der Waals surface area contributed by atoms with Gasteiger partial charge in [-0.3, -0.25) is 9.78 Å². The molecule has 0 unspecified atom stereocenters. The number of esters is 1. The third-order valence-corrected chi connectivity index (χ3v) is 3.37. The van der Waals surface area contributed by atoms with Crippen molar-refractivity contribution in [2.24, 2.45) is 0 Å². The maximum absolute atomic E-state index is 11.1. The van der Waals surface area contributed by atoms with Crippen molar-refractivity contribution in [1.29, 1.82) is 0 Å². The first-order valence-electron chi connectivity index (χ1n) is 5.20. The van der Waals surface area contributed by atoms with E-state index in [2.05, 4.69) is 4.98 Å². The fourth-order valence-corrected chi connectivity index (χ4v) is 1.88. The van der Waals surface area contributed by atoms with E-state index in [0.29, 0.717) is 46.6 Å². The lowest BCUT2D eigenvalue weighted by atomic mass is 10.2. The molecule has 0 fully saturated rings. The van der Waals surface area contributed by atoms with Crippen molar-refractivity contribution in [3.63, 3.8) is 0 Å². The summed E-state index contributed by atoms with van der Waals surface area (Å²) in [6.45, 7) is 2.17. The van der Waals surface area contributed by atoms with Crippen molar-refractivity contribution in [2.75, 3.05) is 6.61 Å². The van der Waals surface area contributed by atoms with Crippen LogP contribution in [0.1, 0.15) is 25.5 Å². The molecule has 0 bridgehead atoms. The number of ether oxygens (including phenoxy) is 1. The maximum Gasteiger partial charge on any atom is 0.305 e. The topological polar surface area (TPSA) is 39.2 Å². The van der Waals surface area contributed by atoms with Gasteiger partial charge in [0.05, 0.1) is 27.4 Å². The van der Waals surface area contributed by atoms with Gasteiger partial charge in [0.25, 0.3) is 0 Å². The summed E-state index contributed by atoms with van der Waals surface area (Å²) in [6, 6.07) is 0. The van der Waals surface area contributed by atoms with Crippen LogP contribution in [0.25, 0.3) is 0 Å². The van der Waals surface area contributed by atoms with Crippen molar-refractivity contribution >= 4 is 40.8 Å². The van der Waals surface area contributed by atoms with Crippen LogP contribution in [0.4, 0.5) is 0 Å². The Balaban J connectivity index is 2.53. The molecule has 1 heterocycles. The molecule has 0 N–H and O–H groups in total. The van der Waals surface area contributed by atoms with Crippen LogP contribution in [0.15, 0.2) is 6.20 Å². The number of nitrogens with zero attached hydrogens (tertiary/aromatic N) is 1. The summed E-state index contributed by atoms with van der Waals surface area (Å²) in [7, 11) is 0. The van der Waals surface area contributed by atoms with Crippen LogP contribution in [-0.2, 0) is 16.0 Å². The fourth-order valence-electron chi connectivity index (χ4n) is 1.29. The third kappa shape index (κ3) is 4.34. The quantitative estimate of drug-likeness (QED) is 0.773. The second-order valence-electron chi connectivity index (χ2n) is 3.34. The fraction of sp³-hybridized carbons (Fsp3) is 0.455. The van der Waals surface area contributed by atoms with Gasteiger partial charge in [0.15, 0.2) is 0 Å². The van der Waals surface area contributed by atoms with Crippen LogP contribution < -0.4 is 0 Å². The van der Waals surface area contributed by atoms with Gasteiger partial charge in [-0.05, 0) is 19.8 Å². The lowest BCUT2D eigenvalue weighted by Crippen LogP contribution is -2.04. The highest BCUT2D eigenvalue weighted by molar-refractivity contribution is 6.48. The van der Waals surface area contributed by atoms with E-state index in [9.17, 15) is 4.79 Å². The Labute approximate surface area is 115 Å². The van der Waals surface area contributed by atoms with Gasteiger partial charge < -0.3 is 4.74 Å². The zero-order valence-electron chi connectivity index (χ0n) is 9.30. The van der Waals surface area contributed by atoms with E-state index in [1.165, 1.54) is 6.20 Å². The summed E-state index contributed by atoms with van der Waals surface area (Å²) < 4.78 is 4.81. The number of rotatable bonds is 5. The molecule has 6 heteroatoms. The monoisotopic (exact) mass is 295 g/mol. The number of aromatic nitrogens is 1. The normalized spacial score (nSPS) is 10.4. The SMILES string of the molecule is CCOC(=O)CCCc1ncc(Cl)c(Cl)c1Cl. The summed E-state index contributed by atoms with van der Waals surface area (Å²) in [5.74, 6) is -0.219. The summed E-state index contributed by atoms with van der Waals surface area (Å²) in [5.41, 5.74) is 0.644. The average Bonchev–Trinajstić information content (AvgIpc) is 2.29. The van der Waals surface area contributed by atoms with Crippen molar-refractivity contribution in [1.82, 2.24) is 4.98 Å². The molecule has 17 heavy (non-hydrogen) atoms. The molecular formula is C11H12Cl3NO2. The number of pyridine rings is 1. The molecule has 0 aliphatic carbocycles. The number of aryl methyl sites for hydroxylation is 1. The number of carbonyl (C=O) groups is 1. The molecule has 0 aliphatic heterocycles. The van der Waals surface area contributed by atoms with Crippen LogP contribution in [0.3, 0.4) is 0 Å². The molecular weight excluding hydrogens is 284 g/mol. The molecule has 0 atom stereocenters. The van der Waals surface area contributed by atoms with Gasteiger partial charge in [-0.25, -0.2) is 0 Å². The molecule has 0 amide bonds. The van der Waals surface area contributed by atoms with Crippen LogP contribution >= 0.6 is 34.8 Å². The highest BCUT2D eigenvalue weighted by Gasteiger charge is 2.11. The lowest BCUT2D eigenvalue weighted by Gasteiger charge is -2.06. The van der Waals surface area contributed by atoms with E-state index >= 15 is 0 Å². The number of hydrogen-bond donors (Lipinski definition) is 0. The Kier molecular flexibility index (Phi) is 6.03. The summed E-state index contributed by atoms with van der Waals surface area (Å²) >= 11 is 17.6. The van der Waals surface area contributed by atoms with Crippen molar-refractivity contribution in [3.05, 3.63) is 27.0 Å². The second-order valence-corrected chi connectivity index (χ2v) is 4.50. The molecule has 3 nitrogen and oxygen atoms in total. The summed E-state index contributed by atoms with van der Waals surface area (Å²) in [6.07, 6.45) is 2.97. The number of halogens is 3.